The molecule has 2 aliphatic rings. The van der Waals surface area contributed by atoms with Crippen LogP contribution in [0.15, 0.2) is 48.5 Å². The molecule has 1 aromatic heterocycles. The number of hydrogen-bond acceptors (Lipinski definition) is 7. The Bertz CT molecular complexity index is 1750. The number of fused-ring (bicyclic) bond motifs is 4. The number of carbonyl (C=O) groups excluding carboxylic acids is 3. The van der Waals surface area contributed by atoms with Crippen molar-refractivity contribution >= 4 is 46.5 Å². The second-order valence-electron chi connectivity index (χ2n) is 10.9. The first-order valence-corrected chi connectivity index (χ1v) is 14.8. The van der Waals surface area contributed by atoms with Crippen LogP contribution in [-0.2, 0) is 14.3 Å². The monoisotopic (exact) mass is 631 g/mol. The number of aromatic nitrogens is 1. The maximum atomic E-state index is 15.1. The molecule has 10 nitrogen and oxygen atoms in total. The van der Waals surface area contributed by atoms with Gasteiger partial charge in [0.15, 0.2) is 5.82 Å². The van der Waals surface area contributed by atoms with Crippen LogP contribution in [0, 0.1) is 23.1 Å². The average molecular weight is 632 g/mol. The van der Waals surface area contributed by atoms with Crippen molar-refractivity contribution in [2.45, 2.75) is 38.6 Å². The molecule has 3 aromatic rings. The van der Waals surface area contributed by atoms with E-state index in [1.165, 1.54) is 32.4 Å². The number of nitrogens with zero attached hydrogens (tertiary/aromatic N) is 3. The van der Waals surface area contributed by atoms with Crippen molar-refractivity contribution in [2.24, 2.45) is 5.92 Å². The van der Waals surface area contributed by atoms with Gasteiger partial charge in [0.1, 0.15) is 0 Å². The van der Waals surface area contributed by atoms with Gasteiger partial charge in [-0.15, -0.1) is 0 Å². The molecule has 3 heterocycles. The summed E-state index contributed by atoms with van der Waals surface area (Å²) in [5, 5.41) is 15.1. The van der Waals surface area contributed by atoms with Crippen LogP contribution < -0.4 is 15.4 Å². The van der Waals surface area contributed by atoms with E-state index < -0.39 is 18.0 Å². The molecule has 0 spiro atoms. The minimum absolute atomic E-state index is 0.0379. The van der Waals surface area contributed by atoms with Crippen LogP contribution in [0.5, 0.6) is 5.88 Å². The molecule has 2 atom stereocenters. The Morgan fingerprint density at radius 3 is 2.69 bits per heavy atom. The number of nitriles is 1. The van der Waals surface area contributed by atoms with E-state index in [1.807, 2.05) is 19.1 Å². The topological polar surface area (TPSA) is 134 Å². The SMILES string of the molecule is COC(=O)Nc1ccc2c(c1)NC(=O)C(C)CCCC(N1CCC(c3c(C#N)ccc(Cl)c3F)=CC1=O)c1cc-2cc(OC)n1. The van der Waals surface area contributed by atoms with E-state index in [0.29, 0.717) is 65.3 Å². The van der Waals surface area contributed by atoms with Gasteiger partial charge in [-0.2, -0.15) is 5.26 Å². The summed E-state index contributed by atoms with van der Waals surface area (Å²) >= 11 is 6.02. The number of halogens is 2. The summed E-state index contributed by atoms with van der Waals surface area (Å²) in [6.45, 7) is 2.08. The molecular formula is C33H31ClFN5O5. The Hall–Kier alpha value is -4.95. The summed E-state index contributed by atoms with van der Waals surface area (Å²) in [4.78, 5) is 45.2. The van der Waals surface area contributed by atoms with Gasteiger partial charge in [0.2, 0.25) is 17.7 Å². The van der Waals surface area contributed by atoms with Gasteiger partial charge >= 0.3 is 6.09 Å². The zero-order chi connectivity index (χ0) is 32.2. The summed E-state index contributed by atoms with van der Waals surface area (Å²) in [6.07, 6.45) is 2.66. The third-order valence-corrected chi connectivity index (χ3v) is 8.36. The third-order valence-electron chi connectivity index (χ3n) is 8.07. The highest BCUT2D eigenvalue weighted by atomic mass is 35.5. The van der Waals surface area contributed by atoms with Crippen LogP contribution in [0.3, 0.4) is 0 Å². The number of carbonyl (C=O) groups is 3. The van der Waals surface area contributed by atoms with E-state index >= 15 is 4.39 Å². The number of anilines is 2. The van der Waals surface area contributed by atoms with Crippen LogP contribution in [-0.4, -0.2) is 48.6 Å². The number of ether oxygens (including phenoxy) is 2. The van der Waals surface area contributed by atoms with Crippen molar-refractivity contribution in [2.75, 3.05) is 31.4 Å². The third kappa shape index (κ3) is 6.61. The molecule has 232 valence electrons. The molecule has 5 rings (SSSR count). The molecule has 0 aliphatic carbocycles. The van der Waals surface area contributed by atoms with E-state index in [2.05, 4.69) is 10.6 Å². The first-order chi connectivity index (χ1) is 21.6. The summed E-state index contributed by atoms with van der Waals surface area (Å²) in [6, 6.07) is 13.0. The molecule has 2 unspecified atom stereocenters. The first kappa shape index (κ1) is 31.5. The number of rotatable bonds is 4. The summed E-state index contributed by atoms with van der Waals surface area (Å²) in [5.41, 5.74) is 3.35. The van der Waals surface area contributed by atoms with Crippen molar-refractivity contribution in [3.05, 3.63) is 76.2 Å². The highest BCUT2D eigenvalue weighted by molar-refractivity contribution is 6.31. The fourth-order valence-corrected chi connectivity index (χ4v) is 5.85. The zero-order valence-electron chi connectivity index (χ0n) is 24.9. The zero-order valence-corrected chi connectivity index (χ0v) is 25.7. The number of pyridine rings is 1. The molecule has 0 fully saturated rings. The maximum Gasteiger partial charge on any atom is 0.411 e. The van der Waals surface area contributed by atoms with E-state index in [0.717, 1.165) is 0 Å². The van der Waals surface area contributed by atoms with Gasteiger partial charge < -0.3 is 19.7 Å². The lowest BCUT2D eigenvalue weighted by Crippen LogP contribution is -2.38. The van der Waals surface area contributed by atoms with Crippen LogP contribution in [0.25, 0.3) is 16.7 Å². The average Bonchev–Trinajstić information content (AvgIpc) is 3.03. The number of benzene rings is 2. The quantitative estimate of drug-likeness (QED) is 0.327. The van der Waals surface area contributed by atoms with E-state index in [1.54, 1.807) is 29.2 Å². The van der Waals surface area contributed by atoms with Gasteiger partial charge in [-0.05, 0) is 60.7 Å². The van der Waals surface area contributed by atoms with Gasteiger partial charge in [-0.3, -0.25) is 14.9 Å². The second-order valence-corrected chi connectivity index (χ2v) is 11.3. The molecule has 0 saturated carbocycles. The molecule has 2 bridgehead atoms. The van der Waals surface area contributed by atoms with Gasteiger partial charge in [-0.25, -0.2) is 14.2 Å². The lowest BCUT2D eigenvalue weighted by Gasteiger charge is -2.35. The number of methoxy groups -OCH3 is 2. The molecular weight excluding hydrogens is 601 g/mol. The first-order valence-electron chi connectivity index (χ1n) is 14.4. The Morgan fingerprint density at radius 2 is 1.98 bits per heavy atom. The lowest BCUT2D eigenvalue weighted by molar-refractivity contribution is -0.129. The van der Waals surface area contributed by atoms with Crippen LogP contribution in [0.4, 0.5) is 20.6 Å². The molecule has 45 heavy (non-hydrogen) atoms. The highest BCUT2D eigenvalue weighted by Gasteiger charge is 2.32. The minimum Gasteiger partial charge on any atom is -0.481 e. The van der Waals surface area contributed by atoms with Crippen molar-refractivity contribution in [3.63, 3.8) is 0 Å². The van der Waals surface area contributed by atoms with Crippen molar-refractivity contribution in [1.82, 2.24) is 9.88 Å². The Labute approximate surface area is 264 Å². The van der Waals surface area contributed by atoms with Crippen molar-refractivity contribution < 1.29 is 28.2 Å². The fourth-order valence-electron chi connectivity index (χ4n) is 5.69. The fraction of sp³-hybridized carbons (Fsp3) is 0.303. The summed E-state index contributed by atoms with van der Waals surface area (Å²) < 4.78 is 25.3. The predicted molar refractivity (Wildman–Crippen MR) is 167 cm³/mol. The smallest absolute Gasteiger partial charge is 0.411 e. The number of amides is 3. The Balaban J connectivity index is 1.58. The van der Waals surface area contributed by atoms with Gasteiger partial charge in [-0.1, -0.05) is 31.0 Å². The second kappa shape index (κ2) is 13.4. The van der Waals surface area contributed by atoms with Gasteiger partial charge in [0.25, 0.3) is 0 Å². The highest BCUT2D eigenvalue weighted by Crippen LogP contribution is 2.39. The van der Waals surface area contributed by atoms with Crippen LogP contribution >= 0.6 is 11.6 Å². The van der Waals surface area contributed by atoms with Crippen molar-refractivity contribution in [3.8, 4) is 23.1 Å². The largest absolute Gasteiger partial charge is 0.481 e. The molecule has 0 saturated heterocycles. The van der Waals surface area contributed by atoms with E-state index in [4.69, 9.17) is 26.1 Å². The minimum atomic E-state index is -0.732. The molecule has 2 aliphatic heterocycles. The standard InChI is InChI=1S/C33H31ClFN5O5/c1-18-5-4-6-27(40-12-11-19(15-29(40)41)30-20(17-36)7-10-24(34)31(30)35)26-13-21(14-28(38-26)44-2)23-9-8-22(37-33(43)45-3)16-25(23)39-32(18)42/h7-10,13-16,18,27H,4-6,11-12H2,1-3H3,(H,37,43)(H,39,42). The maximum absolute atomic E-state index is 15.1. The van der Waals surface area contributed by atoms with Crippen LogP contribution in [0.1, 0.15) is 55.5 Å². The number of nitrogens with one attached hydrogen (secondary N) is 2. The van der Waals surface area contributed by atoms with E-state index in [9.17, 15) is 19.6 Å². The molecule has 12 heteroatoms. The molecule has 3 amide bonds. The van der Waals surface area contributed by atoms with E-state index in [-0.39, 0.29) is 40.4 Å². The van der Waals surface area contributed by atoms with Gasteiger partial charge in [0, 0.05) is 41.4 Å². The molecule has 2 N–H and O–H groups in total. The summed E-state index contributed by atoms with van der Waals surface area (Å²) in [5.74, 6) is -1.32. The number of hydrogen-bond donors (Lipinski definition) is 2. The molecule has 0 radical (unpaired) electrons. The normalized spacial score (nSPS) is 18.3. The Morgan fingerprint density at radius 1 is 1.18 bits per heavy atom. The predicted octanol–water partition coefficient (Wildman–Crippen LogP) is 6.72. The summed E-state index contributed by atoms with van der Waals surface area (Å²) in [7, 11) is 2.76. The van der Waals surface area contributed by atoms with Crippen LogP contribution in [0.2, 0.25) is 5.02 Å². The lowest BCUT2D eigenvalue weighted by atomic mass is 9.91. The van der Waals surface area contributed by atoms with Crippen molar-refractivity contribution in [1.29, 1.82) is 5.26 Å². The Kier molecular flexibility index (Phi) is 9.34. The molecule has 2 aromatic carbocycles. The van der Waals surface area contributed by atoms with Gasteiger partial charge in [0.05, 0.1) is 48.3 Å².